The molecule has 0 spiro atoms. The van der Waals surface area contributed by atoms with E-state index in [1.165, 1.54) is 18.2 Å². The van der Waals surface area contributed by atoms with Crippen LogP contribution in [0.15, 0.2) is 51.9 Å². The van der Waals surface area contributed by atoms with E-state index in [1.807, 2.05) is 24.3 Å². The molecule has 8 nitrogen and oxygen atoms in total. The number of aliphatic imine (C=N–C) groups is 1. The van der Waals surface area contributed by atoms with Gasteiger partial charge >= 0.3 is 6.03 Å². The van der Waals surface area contributed by atoms with Crippen LogP contribution in [-0.2, 0) is 9.53 Å². The first kappa shape index (κ1) is 24.2. The SMILES string of the molecule is NC(=Nc1ccc(F)c(Br)c1)C(=O)C1CCN(C(=O)Nc2ccc(N3CCOCC3)cc2)CC1. The molecule has 2 aromatic rings. The van der Waals surface area contributed by atoms with Crippen molar-refractivity contribution in [2.75, 3.05) is 49.6 Å². The molecule has 2 heterocycles. The second kappa shape index (κ2) is 11.0. The van der Waals surface area contributed by atoms with Gasteiger partial charge in [-0.15, -0.1) is 0 Å². The van der Waals surface area contributed by atoms with Gasteiger partial charge in [-0.1, -0.05) is 0 Å². The summed E-state index contributed by atoms with van der Waals surface area (Å²) in [5.74, 6) is -1.08. The maximum absolute atomic E-state index is 13.4. The number of anilines is 2. The summed E-state index contributed by atoms with van der Waals surface area (Å²) in [6, 6.07) is 11.8. The van der Waals surface area contributed by atoms with Crippen molar-refractivity contribution < 1.29 is 18.7 Å². The van der Waals surface area contributed by atoms with Gasteiger partial charge in [0.05, 0.1) is 23.4 Å². The molecule has 0 bridgehead atoms. The molecule has 2 aliphatic rings. The third-order valence-electron chi connectivity index (χ3n) is 6.05. The Kier molecular flexibility index (Phi) is 7.79. The van der Waals surface area contributed by atoms with E-state index in [2.05, 4.69) is 31.1 Å². The molecule has 0 aromatic heterocycles. The van der Waals surface area contributed by atoms with Gasteiger partial charge in [0.15, 0.2) is 5.84 Å². The summed E-state index contributed by atoms with van der Waals surface area (Å²) in [4.78, 5) is 33.5. The molecule has 0 radical (unpaired) electrons. The van der Waals surface area contributed by atoms with Crippen LogP contribution in [0.5, 0.6) is 0 Å². The van der Waals surface area contributed by atoms with Crippen molar-refractivity contribution in [2.45, 2.75) is 12.8 Å². The second-order valence-electron chi connectivity index (χ2n) is 8.30. The minimum Gasteiger partial charge on any atom is -0.381 e. The van der Waals surface area contributed by atoms with Gasteiger partial charge in [0, 0.05) is 43.5 Å². The van der Waals surface area contributed by atoms with Crippen molar-refractivity contribution in [3.05, 3.63) is 52.8 Å². The average molecular weight is 532 g/mol. The lowest BCUT2D eigenvalue weighted by Crippen LogP contribution is -2.44. The van der Waals surface area contributed by atoms with Crippen LogP contribution in [-0.4, -0.2) is 61.9 Å². The van der Waals surface area contributed by atoms with Crippen LogP contribution >= 0.6 is 15.9 Å². The number of halogens is 2. The Morgan fingerprint density at radius 2 is 1.74 bits per heavy atom. The van der Waals surface area contributed by atoms with E-state index in [9.17, 15) is 14.0 Å². The fourth-order valence-electron chi connectivity index (χ4n) is 4.08. The number of carbonyl (C=O) groups excluding carboxylic acids is 2. The van der Waals surface area contributed by atoms with Gasteiger partial charge in [0.25, 0.3) is 0 Å². The number of urea groups is 1. The molecule has 3 N–H and O–H groups in total. The predicted molar refractivity (Wildman–Crippen MR) is 133 cm³/mol. The Bertz CT molecular complexity index is 1060. The molecule has 10 heteroatoms. The summed E-state index contributed by atoms with van der Waals surface area (Å²) in [7, 11) is 0. The summed E-state index contributed by atoms with van der Waals surface area (Å²) in [5.41, 5.74) is 8.15. The lowest BCUT2D eigenvalue weighted by molar-refractivity contribution is -0.117. The number of benzene rings is 2. The first-order valence-corrected chi connectivity index (χ1v) is 12.0. The Labute approximate surface area is 206 Å². The predicted octanol–water partition coefficient (Wildman–Crippen LogP) is 3.93. The number of rotatable bonds is 5. The van der Waals surface area contributed by atoms with Crippen molar-refractivity contribution >= 4 is 50.6 Å². The number of hydrogen-bond acceptors (Lipinski definition) is 5. The standard InChI is InChI=1S/C24H27BrFN5O3/c25-20-15-18(3-6-21(20)26)28-23(27)22(32)16-7-9-31(10-8-16)24(33)29-17-1-4-19(5-2-17)30-11-13-34-14-12-30/h1-6,15-16H,7-14H2,(H2,27,28)(H,29,33). The number of hydrogen-bond donors (Lipinski definition) is 2. The number of piperidine rings is 1. The van der Waals surface area contributed by atoms with Crippen LogP contribution < -0.4 is 16.0 Å². The summed E-state index contributed by atoms with van der Waals surface area (Å²) in [6.07, 6.45) is 1.01. The van der Waals surface area contributed by atoms with Crippen LogP contribution in [0, 0.1) is 11.7 Å². The Hall–Kier alpha value is -2.98. The van der Waals surface area contributed by atoms with Crippen LogP contribution in [0.4, 0.5) is 26.2 Å². The number of amidine groups is 1. The molecule has 180 valence electrons. The fourth-order valence-corrected chi connectivity index (χ4v) is 4.45. The molecule has 0 unspecified atom stereocenters. The van der Waals surface area contributed by atoms with Gasteiger partial charge in [-0.3, -0.25) is 4.79 Å². The van der Waals surface area contributed by atoms with E-state index < -0.39 is 5.82 Å². The number of ketones is 1. The molecule has 4 rings (SSSR count). The molecular weight excluding hydrogens is 505 g/mol. The second-order valence-corrected chi connectivity index (χ2v) is 9.15. The maximum Gasteiger partial charge on any atom is 0.321 e. The van der Waals surface area contributed by atoms with Crippen molar-refractivity contribution in [3.63, 3.8) is 0 Å². The highest BCUT2D eigenvalue weighted by Crippen LogP contribution is 2.24. The summed E-state index contributed by atoms with van der Waals surface area (Å²) < 4.78 is 19.0. The largest absolute Gasteiger partial charge is 0.381 e. The van der Waals surface area contributed by atoms with E-state index >= 15 is 0 Å². The van der Waals surface area contributed by atoms with Gasteiger partial charge in [-0.2, -0.15) is 0 Å². The average Bonchev–Trinajstić information content (AvgIpc) is 2.87. The highest BCUT2D eigenvalue weighted by atomic mass is 79.9. The van der Waals surface area contributed by atoms with Crippen LogP contribution in [0.25, 0.3) is 0 Å². The lowest BCUT2D eigenvalue weighted by atomic mass is 9.92. The number of amides is 2. The van der Waals surface area contributed by atoms with Gasteiger partial charge in [-0.05, 0) is 71.2 Å². The number of likely N-dealkylation sites (tertiary alicyclic amines) is 1. The molecule has 2 aromatic carbocycles. The van der Waals surface area contributed by atoms with Crippen LogP contribution in [0.3, 0.4) is 0 Å². The summed E-state index contributed by atoms with van der Waals surface area (Å²) in [5, 5.41) is 2.93. The van der Waals surface area contributed by atoms with Gasteiger partial charge in [0.2, 0.25) is 5.78 Å². The highest BCUT2D eigenvalue weighted by Gasteiger charge is 2.29. The quantitative estimate of drug-likeness (QED) is 0.449. The smallest absolute Gasteiger partial charge is 0.321 e. The minimum atomic E-state index is -0.414. The van der Waals surface area contributed by atoms with Crippen LogP contribution in [0.2, 0.25) is 0 Å². The molecule has 2 fully saturated rings. The van der Waals surface area contributed by atoms with Crippen molar-refractivity contribution in [3.8, 4) is 0 Å². The summed E-state index contributed by atoms with van der Waals surface area (Å²) in [6.45, 7) is 4.05. The normalized spacial score (nSPS) is 17.5. The summed E-state index contributed by atoms with van der Waals surface area (Å²) >= 11 is 3.09. The topological polar surface area (TPSA) is 100 Å². The van der Waals surface area contributed by atoms with Crippen molar-refractivity contribution in [2.24, 2.45) is 16.6 Å². The monoisotopic (exact) mass is 531 g/mol. The van der Waals surface area contributed by atoms with Crippen molar-refractivity contribution in [1.82, 2.24) is 4.90 Å². The van der Waals surface area contributed by atoms with E-state index in [0.29, 0.717) is 31.6 Å². The third-order valence-corrected chi connectivity index (χ3v) is 6.66. The fraction of sp³-hybridized carbons (Fsp3) is 0.375. The van der Waals surface area contributed by atoms with E-state index in [0.717, 1.165) is 37.7 Å². The molecule has 0 aliphatic carbocycles. The maximum atomic E-state index is 13.4. The number of nitrogens with two attached hydrogens (primary N) is 1. The molecule has 2 aliphatic heterocycles. The van der Waals surface area contributed by atoms with Gasteiger partial charge < -0.3 is 25.6 Å². The Morgan fingerprint density at radius 1 is 1.06 bits per heavy atom. The molecule has 2 amide bonds. The Balaban J connectivity index is 1.28. The molecule has 2 saturated heterocycles. The minimum absolute atomic E-state index is 0.109. The highest BCUT2D eigenvalue weighted by molar-refractivity contribution is 9.10. The third kappa shape index (κ3) is 5.92. The van der Waals surface area contributed by atoms with Gasteiger partial charge in [0.1, 0.15) is 5.82 Å². The Morgan fingerprint density at radius 3 is 2.38 bits per heavy atom. The zero-order valence-corrected chi connectivity index (χ0v) is 20.3. The van der Waals surface area contributed by atoms with E-state index in [4.69, 9.17) is 10.5 Å². The number of carbonyl (C=O) groups is 2. The first-order valence-electron chi connectivity index (χ1n) is 11.2. The number of nitrogens with zero attached hydrogens (tertiary/aromatic N) is 3. The van der Waals surface area contributed by atoms with Crippen molar-refractivity contribution in [1.29, 1.82) is 0 Å². The van der Waals surface area contributed by atoms with Gasteiger partial charge in [-0.25, -0.2) is 14.2 Å². The molecule has 34 heavy (non-hydrogen) atoms. The number of Topliss-reactive ketones (excluding diaryl/α,β-unsaturated/α-hetero) is 1. The molecule has 0 saturated carbocycles. The van der Waals surface area contributed by atoms with E-state index in [-0.39, 0.29) is 28.0 Å². The van der Waals surface area contributed by atoms with E-state index in [1.54, 1.807) is 4.90 Å². The van der Waals surface area contributed by atoms with Crippen LogP contribution in [0.1, 0.15) is 12.8 Å². The zero-order valence-electron chi connectivity index (χ0n) is 18.7. The number of morpholine rings is 1. The number of nitrogens with one attached hydrogen (secondary N) is 1. The molecular formula is C24H27BrFN5O3. The first-order chi connectivity index (χ1) is 16.4. The lowest BCUT2D eigenvalue weighted by Gasteiger charge is -2.31. The number of ether oxygens (including phenoxy) is 1. The molecule has 0 atom stereocenters. The zero-order chi connectivity index (χ0) is 24.1.